The van der Waals surface area contributed by atoms with E-state index in [2.05, 4.69) is 16.9 Å². The predicted octanol–water partition coefficient (Wildman–Crippen LogP) is 5.63. The Balaban J connectivity index is 1.50. The molecule has 3 aliphatic rings. The summed E-state index contributed by atoms with van der Waals surface area (Å²) in [4.78, 5) is 50.1. The Morgan fingerprint density at radius 2 is 1.79 bits per heavy atom. The van der Waals surface area contributed by atoms with E-state index < -0.39 is 23.4 Å². The van der Waals surface area contributed by atoms with Crippen molar-refractivity contribution in [3.8, 4) is 5.75 Å². The van der Waals surface area contributed by atoms with Gasteiger partial charge in [0.05, 0.1) is 12.0 Å². The van der Waals surface area contributed by atoms with Crippen molar-refractivity contribution < 1.29 is 19.1 Å². The largest absolute Gasteiger partial charge is 0.490 e. The van der Waals surface area contributed by atoms with Crippen molar-refractivity contribution in [3.63, 3.8) is 0 Å². The molecule has 7 nitrogen and oxygen atoms in total. The summed E-state index contributed by atoms with van der Waals surface area (Å²) in [6, 6.07) is 25.7. The highest BCUT2D eigenvalue weighted by molar-refractivity contribution is 6.16. The van der Waals surface area contributed by atoms with E-state index >= 15 is 0 Å². The van der Waals surface area contributed by atoms with Gasteiger partial charge >= 0.3 is 0 Å². The molecule has 1 fully saturated rings. The fourth-order valence-electron chi connectivity index (χ4n) is 6.90. The van der Waals surface area contributed by atoms with Gasteiger partial charge in [0, 0.05) is 23.6 Å². The third-order valence-electron chi connectivity index (χ3n) is 8.53. The Hall–Kier alpha value is -5.30. The van der Waals surface area contributed by atoms with Gasteiger partial charge in [-0.25, -0.2) is 0 Å². The lowest BCUT2D eigenvalue weighted by Crippen LogP contribution is -2.49. The van der Waals surface area contributed by atoms with Crippen molar-refractivity contribution in [1.82, 2.24) is 9.88 Å². The quantitative estimate of drug-likeness (QED) is 0.236. The normalized spacial score (nSPS) is 23.1. The lowest BCUT2D eigenvalue weighted by atomic mass is 9.62. The van der Waals surface area contributed by atoms with Crippen LogP contribution < -0.4 is 10.1 Å². The summed E-state index contributed by atoms with van der Waals surface area (Å²) in [5, 5.41) is 3.06. The van der Waals surface area contributed by atoms with Gasteiger partial charge in [-0.2, -0.15) is 0 Å². The summed E-state index contributed by atoms with van der Waals surface area (Å²) >= 11 is 0. The SMILES string of the molecule is C=CCOc1cccc(C(=O)[C@@H]2[C@H](C(=O)c3ccccn3)N3C=Cc4ccccc4[C@@H]3[C@@]23C(=O)Nc2ccccc23)c1. The zero-order valence-electron chi connectivity index (χ0n) is 22.6. The van der Waals surface area contributed by atoms with Crippen molar-refractivity contribution in [2.24, 2.45) is 5.92 Å². The van der Waals surface area contributed by atoms with Crippen molar-refractivity contribution in [2.75, 3.05) is 11.9 Å². The molecule has 1 spiro atoms. The van der Waals surface area contributed by atoms with Crippen LogP contribution in [0.1, 0.15) is 43.6 Å². The molecule has 1 N–H and O–H groups in total. The van der Waals surface area contributed by atoms with Crippen LogP contribution >= 0.6 is 0 Å². The topological polar surface area (TPSA) is 88.6 Å². The second kappa shape index (κ2) is 9.96. The first-order valence-electron chi connectivity index (χ1n) is 13.8. The molecule has 0 saturated carbocycles. The highest BCUT2D eigenvalue weighted by Gasteiger charge is 2.70. The molecule has 0 radical (unpaired) electrons. The molecule has 4 heterocycles. The molecular formula is C35H27N3O4. The molecule has 4 atom stereocenters. The minimum absolute atomic E-state index is 0.234. The number of hydrogen-bond acceptors (Lipinski definition) is 6. The number of aromatic nitrogens is 1. The number of Topliss-reactive ketones (excluding diaryl/α,β-unsaturated/α-hetero) is 2. The summed E-state index contributed by atoms with van der Waals surface area (Å²) in [7, 11) is 0. The number of anilines is 1. The molecule has 42 heavy (non-hydrogen) atoms. The van der Waals surface area contributed by atoms with E-state index in [1.165, 1.54) is 0 Å². The van der Waals surface area contributed by atoms with Gasteiger partial charge in [-0.1, -0.05) is 73.3 Å². The monoisotopic (exact) mass is 553 g/mol. The molecule has 1 amide bonds. The number of para-hydroxylation sites is 1. The Morgan fingerprint density at radius 3 is 2.62 bits per heavy atom. The number of ketones is 2. The van der Waals surface area contributed by atoms with Crippen LogP contribution in [0.25, 0.3) is 6.08 Å². The average molecular weight is 554 g/mol. The van der Waals surface area contributed by atoms with Crippen LogP contribution in [0.2, 0.25) is 0 Å². The van der Waals surface area contributed by atoms with E-state index in [0.717, 1.165) is 11.1 Å². The number of carbonyl (C=O) groups excluding carboxylic acids is 3. The molecule has 7 heteroatoms. The average Bonchev–Trinajstić information content (AvgIpc) is 3.52. The van der Waals surface area contributed by atoms with Crippen LogP contribution in [0.5, 0.6) is 5.75 Å². The number of amides is 1. The third kappa shape index (κ3) is 3.66. The molecule has 0 unspecified atom stereocenters. The minimum Gasteiger partial charge on any atom is -0.490 e. The first-order valence-corrected chi connectivity index (χ1v) is 13.8. The summed E-state index contributed by atoms with van der Waals surface area (Å²) in [5.41, 5.74) is 2.34. The van der Waals surface area contributed by atoms with Gasteiger partial charge in [0.1, 0.15) is 29.5 Å². The lowest BCUT2D eigenvalue weighted by molar-refractivity contribution is -0.122. The number of rotatable bonds is 7. The molecule has 4 aromatic rings. The number of ether oxygens (including phenoxy) is 1. The molecule has 3 aromatic carbocycles. The van der Waals surface area contributed by atoms with Gasteiger partial charge in [-0.15, -0.1) is 0 Å². The smallest absolute Gasteiger partial charge is 0.238 e. The Morgan fingerprint density at radius 1 is 0.976 bits per heavy atom. The van der Waals surface area contributed by atoms with Crippen molar-refractivity contribution in [3.05, 3.63) is 144 Å². The Bertz CT molecular complexity index is 1780. The molecule has 0 bridgehead atoms. The number of benzene rings is 3. The van der Waals surface area contributed by atoms with Crippen LogP contribution in [0, 0.1) is 5.92 Å². The Kier molecular flexibility index (Phi) is 6.08. The van der Waals surface area contributed by atoms with Crippen molar-refractivity contribution in [2.45, 2.75) is 17.5 Å². The van der Waals surface area contributed by atoms with Crippen LogP contribution in [-0.4, -0.2) is 40.0 Å². The fraction of sp³-hybridized carbons (Fsp3) is 0.143. The molecule has 206 valence electrons. The van der Waals surface area contributed by atoms with E-state index in [4.69, 9.17) is 4.74 Å². The van der Waals surface area contributed by atoms with Crippen LogP contribution in [0.3, 0.4) is 0 Å². The number of nitrogens with zero attached hydrogens (tertiary/aromatic N) is 2. The number of carbonyl (C=O) groups is 3. The maximum Gasteiger partial charge on any atom is 0.238 e. The van der Waals surface area contributed by atoms with E-state index in [9.17, 15) is 14.4 Å². The fourth-order valence-corrected chi connectivity index (χ4v) is 6.90. The molecular weight excluding hydrogens is 526 g/mol. The second-order valence-corrected chi connectivity index (χ2v) is 10.7. The second-order valence-electron chi connectivity index (χ2n) is 10.7. The maximum atomic E-state index is 14.9. The van der Waals surface area contributed by atoms with Crippen LogP contribution in [0.4, 0.5) is 5.69 Å². The standard InChI is InChI=1S/C35H27N3O4/c1-2-20-42-24-12-9-11-23(21-24)31(39)29-30(32(40)28-16-7-8-18-36-28)38-19-17-22-10-3-4-13-25(22)33(38)35(29)26-14-5-6-15-27(26)37-34(35)41/h2-19,21,29-30,33H,1,20H2,(H,37,41)/t29-,30+,33+,35-/m0/s1. The van der Waals surface area contributed by atoms with E-state index in [1.807, 2.05) is 65.7 Å². The van der Waals surface area contributed by atoms with E-state index in [-0.39, 0.29) is 29.8 Å². The van der Waals surface area contributed by atoms with Gasteiger partial charge in [0.25, 0.3) is 0 Å². The minimum atomic E-state index is -1.40. The molecule has 7 rings (SSSR count). The lowest BCUT2D eigenvalue weighted by Gasteiger charge is -2.38. The number of hydrogen-bond donors (Lipinski definition) is 1. The maximum absolute atomic E-state index is 14.9. The van der Waals surface area contributed by atoms with E-state index in [1.54, 1.807) is 54.7 Å². The molecule has 0 aliphatic carbocycles. The first-order chi connectivity index (χ1) is 20.6. The summed E-state index contributed by atoms with van der Waals surface area (Å²) < 4.78 is 5.74. The van der Waals surface area contributed by atoms with Crippen LogP contribution in [-0.2, 0) is 10.2 Å². The number of fused-ring (bicyclic) bond motifs is 6. The summed E-state index contributed by atoms with van der Waals surface area (Å²) in [5.74, 6) is -1.53. The third-order valence-corrected chi connectivity index (χ3v) is 8.53. The zero-order chi connectivity index (χ0) is 28.8. The van der Waals surface area contributed by atoms with Gasteiger partial charge in [0.2, 0.25) is 11.7 Å². The van der Waals surface area contributed by atoms with Crippen molar-refractivity contribution >= 4 is 29.2 Å². The van der Waals surface area contributed by atoms with Crippen molar-refractivity contribution in [1.29, 1.82) is 0 Å². The van der Waals surface area contributed by atoms with Gasteiger partial charge in [-0.05, 0) is 53.1 Å². The molecule has 1 aromatic heterocycles. The van der Waals surface area contributed by atoms with E-state index in [0.29, 0.717) is 22.6 Å². The first kappa shape index (κ1) is 25.7. The molecule has 3 aliphatic heterocycles. The summed E-state index contributed by atoms with van der Waals surface area (Å²) in [6.45, 7) is 3.98. The van der Waals surface area contributed by atoms with Gasteiger partial charge in [0.15, 0.2) is 5.78 Å². The van der Waals surface area contributed by atoms with Crippen LogP contribution in [0.15, 0.2) is 116 Å². The number of nitrogens with one attached hydrogen (secondary N) is 1. The predicted molar refractivity (Wildman–Crippen MR) is 159 cm³/mol. The number of pyridine rings is 1. The van der Waals surface area contributed by atoms with Gasteiger partial charge in [-0.3, -0.25) is 19.4 Å². The molecule has 1 saturated heterocycles. The highest BCUT2D eigenvalue weighted by atomic mass is 16.5. The summed E-state index contributed by atoms with van der Waals surface area (Å²) in [6.07, 6.45) is 6.98. The zero-order valence-corrected chi connectivity index (χ0v) is 22.6. The van der Waals surface area contributed by atoms with Gasteiger partial charge < -0.3 is 15.0 Å². The Labute approximate surface area is 243 Å². The highest BCUT2D eigenvalue weighted by Crippen LogP contribution is 2.62.